The number of rotatable bonds is 4. The topological polar surface area (TPSA) is 40.6 Å². The Balaban J connectivity index is 1.48. The van der Waals surface area contributed by atoms with Crippen molar-refractivity contribution in [3.63, 3.8) is 0 Å². The summed E-state index contributed by atoms with van der Waals surface area (Å²) in [7, 11) is 0. The van der Waals surface area contributed by atoms with Gasteiger partial charge in [0.05, 0.1) is 31.0 Å². The SMILES string of the molecule is S=C1NC(c2ccccn2)C(c2cccs2)N1c1ccc(N2CCOCC2)cc1. The van der Waals surface area contributed by atoms with Crippen LogP contribution < -0.4 is 15.1 Å². The lowest BCUT2D eigenvalue weighted by atomic mass is 10.0. The maximum atomic E-state index is 5.77. The molecular formula is C22H22N4OS2. The third kappa shape index (κ3) is 3.61. The molecule has 2 aliphatic heterocycles. The van der Waals surface area contributed by atoms with E-state index in [4.69, 9.17) is 17.0 Å². The van der Waals surface area contributed by atoms with E-state index in [0.717, 1.165) is 42.8 Å². The summed E-state index contributed by atoms with van der Waals surface area (Å²) in [5.41, 5.74) is 3.32. The van der Waals surface area contributed by atoms with Crippen molar-refractivity contribution in [1.29, 1.82) is 0 Å². The van der Waals surface area contributed by atoms with Crippen LogP contribution in [0.2, 0.25) is 0 Å². The Morgan fingerprint density at radius 1 is 1.00 bits per heavy atom. The molecule has 7 heteroatoms. The lowest BCUT2D eigenvalue weighted by Gasteiger charge is -2.30. The Hall–Kier alpha value is -2.48. The smallest absolute Gasteiger partial charge is 0.174 e. The van der Waals surface area contributed by atoms with Gasteiger partial charge < -0.3 is 19.9 Å². The van der Waals surface area contributed by atoms with E-state index in [-0.39, 0.29) is 12.1 Å². The van der Waals surface area contributed by atoms with Crippen LogP contribution in [0.25, 0.3) is 0 Å². The number of ether oxygens (including phenoxy) is 1. The molecule has 148 valence electrons. The molecule has 1 N–H and O–H groups in total. The number of aromatic nitrogens is 1. The predicted molar refractivity (Wildman–Crippen MR) is 122 cm³/mol. The second-order valence-electron chi connectivity index (χ2n) is 7.13. The maximum absolute atomic E-state index is 5.77. The van der Waals surface area contributed by atoms with Crippen LogP contribution in [-0.4, -0.2) is 36.4 Å². The highest BCUT2D eigenvalue weighted by Gasteiger charge is 2.41. The number of benzene rings is 1. The molecule has 0 radical (unpaired) electrons. The summed E-state index contributed by atoms with van der Waals surface area (Å²) in [6.07, 6.45) is 1.84. The van der Waals surface area contributed by atoms with E-state index in [1.165, 1.54) is 10.6 Å². The second kappa shape index (κ2) is 8.10. The maximum Gasteiger partial charge on any atom is 0.174 e. The fraction of sp³-hybridized carbons (Fsp3) is 0.273. The normalized spacial score (nSPS) is 22.0. The first-order chi connectivity index (χ1) is 14.3. The molecule has 2 saturated heterocycles. The van der Waals surface area contributed by atoms with Gasteiger partial charge in [0.2, 0.25) is 0 Å². The van der Waals surface area contributed by atoms with E-state index < -0.39 is 0 Å². The number of nitrogens with zero attached hydrogens (tertiary/aromatic N) is 3. The standard InChI is InChI=1S/C22H22N4OS2/c28-22-24-20(18-4-1-2-10-23-18)21(19-5-3-15-29-19)26(22)17-8-6-16(7-9-17)25-11-13-27-14-12-25/h1-10,15,20-21H,11-14H2,(H,24,28). The molecule has 0 amide bonds. The molecule has 2 fully saturated rings. The van der Waals surface area contributed by atoms with Gasteiger partial charge in [0.25, 0.3) is 0 Å². The minimum absolute atomic E-state index is 0.0151. The van der Waals surface area contributed by atoms with Crippen molar-refractivity contribution < 1.29 is 4.74 Å². The molecule has 2 unspecified atom stereocenters. The van der Waals surface area contributed by atoms with Gasteiger partial charge >= 0.3 is 0 Å². The first-order valence-corrected chi connectivity index (χ1v) is 11.1. The zero-order valence-electron chi connectivity index (χ0n) is 15.9. The van der Waals surface area contributed by atoms with Crippen molar-refractivity contribution in [3.8, 4) is 0 Å². The van der Waals surface area contributed by atoms with Crippen molar-refractivity contribution in [2.75, 3.05) is 36.1 Å². The molecule has 0 spiro atoms. The van der Waals surface area contributed by atoms with Crippen LogP contribution in [-0.2, 0) is 4.74 Å². The number of thiocarbonyl (C=S) groups is 1. The van der Waals surface area contributed by atoms with Gasteiger partial charge in [-0.15, -0.1) is 11.3 Å². The van der Waals surface area contributed by atoms with Gasteiger partial charge in [-0.3, -0.25) is 4.98 Å². The summed E-state index contributed by atoms with van der Waals surface area (Å²) in [5.74, 6) is 0. The molecule has 2 aromatic heterocycles. The van der Waals surface area contributed by atoms with Crippen LogP contribution in [0.15, 0.2) is 66.2 Å². The van der Waals surface area contributed by atoms with Gasteiger partial charge in [0.15, 0.2) is 5.11 Å². The summed E-state index contributed by atoms with van der Waals surface area (Å²) in [6.45, 7) is 3.44. The molecule has 5 rings (SSSR count). The zero-order chi connectivity index (χ0) is 19.6. The van der Waals surface area contributed by atoms with Crippen LogP contribution >= 0.6 is 23.6 Å². The van der Waals surface area contributed by atoms with Crippen LogP contribution in [0.3, 0.4) is 0 Å². The average molecular weight is 423 g/mol. The van der Waals surface area contributed by atoms with Gasteiger partial charge in [-0.1, -0.05) is 12.1 Å². The van der Waals surface area contributed by atoms with Crippen molar-refractivity contribution in [2.24, 2.45) is 0 Å². The van der Waals surface area contributed by atoms with Crippen LogP contribution in [0.4, 0.5) is 11.4 Å². The number of nitrogens with one attached hydrogen (secondary N) is 1. The molecule has 4 heterocycles. The molecule has 2 atom stereocenters. The molecule has 0 bridgehead atoms. The Morgan fingerprint density at radius 3 is 2.48 bits per heavy atom. The molecule has 5 nitrogen and oxygen atoms in total. The van der Waals surface area contributed by atoms with Crippen LogP contribution in [0.1, 0.15) is 22.7 Å². The van der Waals surface area contributed by atoms with Crippen molar-refractivity contribution in [3.05, 3.63) is 76.7 Å². The number of pyridine rings is 1. The number of hydrogen-bond donors (Lipinski definition) is 1. The number of anilines is 2. The zero-order valence-corrected chi connectivity index (χ0v) is 17.5. The van der Waals surface area contributed by atoms with E-state index in [1.807, 2.05) is 18.3 Å². The van der Waals surface area contributed by atoms with Crippen molar-refractivity contribution in [1.82, 2.24) is 10.3 Å². The van der Waals surface area contributed by atoms with Gasteiger partial charge in [0.1, 0.15) is 0 Å². The highest BCUT2D eigenvalue weighted by Crippen LogP contribution is 2.43. The summed E-state index contributed by atoms with van der Waals surface area (Å²) < 4.78 is 5.47. The highest BCUT2D eigenvalue weighted by molar-refractivity contribution is 7.80. The third-order valence-corrected chi connectivity index (χ3v) is 6.69. The molecular weight excluding hydrogens is 400 g/mol. The molecule has 2 aliphatic rings. The lowest BCUT2D eigenvalue weighted by Crippen LogP contribution is -2.36. The largest absolute Gasteiger partial charge is 0.378 e. The third-order valence-electron chi connectivity index (χ3n) is 5.44. The predicted octanol–water partition coefficient (Wildman–Crippen LogP) is 4.16. The van der Waals surface area contributed by atoms with Crippen molar-refractivity contribution >= 4 is 40.0 Å². The van der Waals surface area contributed by atoms with Crippen molar-refractivity contribution in [2.45, 2.75) is 12.1 Å². The summed E-state index contributed by atoms with van der Waals surface area (Å²) in [4.78, 5) is 10.5. The van der Waals surface area contributed by atoms with E-state index >= 15 is 0 Å². The Kier molecular flexibility index (Phi) is 5.18. The Labute approximate surface area is 179 Å². The quantitative estimate of drug-likeness (QED) is 0.637. The molecule has 0 saturated carbocycles. The number of thiophene rings is 1. The van der Waals surface area contributed by atoms with Gasteiger partial charge in [-0.2, -0.15) is 0 Å². The second-order valence-corrected chi connectivity index (χ2v) is 8.49. The fourth-order valence-corrected chi connectivity index (χ4v) is 5.23. The monoisotopic (exact) mass is 422 g/mol. The van der Waals surface area contributed by atoms with Gasteiger partial charge in [-0.25, -0.2) is 0 Å². The lowest BCUT2D eigenvalue weighted by molar-refractivity contribution is 0.122. The summed E-state index contributed by atoms with van der Waals surface area (Å²) in [5, 5.41) is 6.36. The van der Waals surface area contributed by atoms with E-state index in [2.05, 4.69) is 67.9 Å². The van der Waals surface area contributed by atoms with E-state index in [9.17, 15) is 0 Å². The van der Waals surface area contributed by atoms with Gasteiger partial charge in [-0.05, 0) is 60.1 Å². The Morgan fingerprint density at radius 2 is 1.79 bits per heavy atom. The Bertz CT molecular complexity index is 956. The summed E-state index contributed by atoms with van der Waals surface area (Å²) in [6, 6.07) is 19.1. The van der Waals surface area contributed by atoms with E-state index in [0.29, 0.717) is 0 Å². The van der Waals surface area contributed by atoms with E-state index in [1.54, 1.807) is 11.3 Å². The van der Waals surface area contributed by atoms with Crippen LogP contribution in [0.5, 0.6) is 0 Å². The summed E-state index contributed by atoms with van der Waals surface area (Å²) >= 11 is 7.53. The molecule has 29 heavy (non-hydrogen) atoms. The molecule has 0 aliphatic carbocycles. The fourth-order valence-electron chi connectivity index (χ4n) is 4.03. The first-order valence-electron chi connectivity index (χ1n) is 9.78. The van der Waals surface area contributed by atoms with Gasteiger partial charge in [0, 0.05) is 35.5 Å². The first kappa shape index (κ1) is 18.5. The highest BCUT2D eigenvalue weighted by atomic mass is 32.1. The number of morpholine rings is 1. The number of hydrogen-bond acceptors (Lipinski definition) is 5. The average Bonchev–Trinajstić information content (AvgIpc) is 3.43. The van der Waals surface area contributed by atoms with Crippen LogP contribution in [0, 0.1) is 0 Å². The molecule has 3 aromatic rings. The minimum Gasteiger partial charge on any atom is -0.378 e. The minimum atomic E-state index is 0.0151. The molecule has 1 aromatic carbocycles.